The Labute approximate surface area is 110 Å². The number of hydrogen-bond acceptors (Lipinski definition) is 2. The largest absolute Gasteiger partial charge is 0.416 e. The number of aldehydes is 1. The summed E-state index contributed by atoms with van der Waals surface area (Å²) in [5, 5.41) is 0. The lowest BCUT2D eigenvalue weighted by atomic mass is 10.0. The van der Waals surface area contributed by atoms with E-state index in [2.05, 4.69) is 0 Å². The maximum Gasteiger partial charge on any atom is 0.416 e. The van der Waals surface area contributed by atoms with Crippen LogP contribution in [-0.4, -0.2) is 24.3 Å². The first-order valence-corrected chi connectivity index (χ1v) is 6.38. The van der Waals surface area contributed by atoms with Crippen molar-refractivity contribution in [2.75, 3.05) is 13.1 Å². The van der Waals surface area contributed by atoms with E-state index in [0.717, 1.165) is 38.4 Å². The third kappa shape index (κ3) is 3.56. The lowest BCUT2D eigenvalue weighted by molar-refractivity contribution is -0.138. The molecule has 1 aromatic rings. The number of hydrogen-bond donors (Lipinski definition) is 0. The monoisotopic (exact) mass is 271 g/mol. The molecule has 0 saturated carbocycles. The van der Waals surface area contributed by atoms with Crippen LogP contribution >= 0.6 is 0 Å². The van der Waals surface area contributed by atoms with Gasteiger partial charge in [0.15, 0.2) is 0 Å². The quantitative estimate of drug-likeness (QED) is 0.784. The first kappa shape index (κ1) is 14.1. The summed E-state index contributed by atoms with van der Waals surface area (Å²) in [4.78, 5) is 12.6. The van der Waals surface area contributed by atoms with Crippen LogP contribution in [0.3, 0.4) is 0 Å². The van der Waals surface area contributed by atoms with Crippen LogP contribution in [0.1, 0.15) is 40.7 Å². The van der Waals surface area contributed by atoms with Crippen LogP contribution in [0.4, 0.5) is 13.2 Å². The zero-order valence-corrected chi connectivity index (χ0v) is 10.5. The Morgan fingerprint density at radius 3 is 2.42 bits per heavy atom. The van der Waals surface area contributed by atoms with Gasteiger partial charge >= 0.3 is 6.18 Å². The number of benzene rings is 1. The molecule has 19 heavy (non-hydrogen) atoms. The molecule has 0 bridgehead atoms. The van der Waals surface area contributed by atoms with Crippen LogP contribution in [0.25, 0.3) is 0 Å². The fourth-order valence-electron chi connectivity index (χ4n) is 2.43. The van der Waals surface area contributed by atoms with Crippen LogP contribution in [0.5, 0.6) is 0 Å². The van der Waals surface area contributed by atoms with E-state index in [1.807, 2.05) is 4.90 Å². The topological polar surface area (TPSA) is 20.3 Å². The van der Waals surface area contributed by atoms with Crippen molar-refractivity contribution in [2.45, 2.75) is 32.0 Å². The molecule has 1 fully saturated rings. The van der Waals surface area contributed by atoms with E-state index >= 15 is 0 Å². The minimum absolute atomic E-state index is 0.0646. The number of carbonyl (C=O) groups is 1. The normalized spacial score (nSPS) is 17.4. The van der Waals surface area contributed by atoms with Crippen LogP contribution < -0.4 is 0 Å². The number of likely N-dealkylation sites (tertiary alicyclic amines) is 1. The van der Waals surface area contributed by atoms with Gasteiger partial charge in [0, 0.05) is 12.1 Å². The Hall–Kier alpha value is -1.36. The molecular formula is C14H16F3NO. The third-order valence-corrected chi connectivity index (χ3v) is 3.42. The van der Waals surface area contributed by atoms with E-state index in [-0.39, 0.29) is 11.1 Å². The number of alkyl halides is 3. The minimum Gasteiger partial charge on any atom is -0.299 e. The number of halogens is 3. The Kier molecular flexibility index (Phi) is 4.24. The molecule has 0 N–H and O–H groups in total. The maximum absolute atomic E-state index is 13.0. The smallest absolute Gasteiger partial charge is 0.299 e. The predicted octanol–water partition coefficient (Wildman–Crippen LogP) is 3.50. The Morgan fingerprint density at radius 2 is 1.84 bits per heavy atom. The van der Waals surface area contributed by atoms with Gasteiger partial charge in [0.05, 0.1) is 5.56 Å². The van der Waals surface area contributed by atoms with E-state index in [1.54, 1.807) is 0 Å². The lowest BCUT2D eigenvalue weighted by Crippen LogP contribution is -2.30. The van der Waals surface area contributed by atoms with E-state index < -0.39 is 11.7 Å². The van der Waals surface area contributed by atoms with Crippen LogP contribution in [0, 0.1) is 0 Å². The van der Waals surface area contributed by atoms with Crippen molar-refractivity contribution in [3.63, 3.8) is 0 Å². The molecule has 0 aliphatic carbocycles. The molecule has 0 spiro atoms. The summed E-state index contributed by atoms with van der Waals surface area (Å²) in [7, 11) is 0. The molecule has 2 rings (SSSR count). The van der Waals surface area contributed by atoms with Gasteiger partial charge in [-0.05, 0) is 37.6 Å². The van der Waals surface area contributed by atoms with Gasteiger partial charge in [0.2, 0.25) is 0 Å². The summed E-state index contributed by atoms with van der Waals surface area (Å²) in [5.41, 5.74) is -0.377. The standard InChI is InChI=1S/C14H16F3NO/c15-14(16,17)13-8-11(10-19)4-5-12(13)9-18-6-2-1-3-7-18/h4-5,8,10H,1-3,6-7,9H2. The molecule has 1 aliphatic heterocycles. The van der Waals surface area contributed by atoms with Crippen molar-refractivity contribution in [1.82, 2.24) is 4.90 Å². The number of nitrogens with zero attached hydrogens (tertiary/aromatic N) is 1. The molecule has 0 atom stereocenters. The second-order valence-electron chi connectivity index (χ2n) is 4.87. The predicted molar refractivity (Wildman–Crippen MR) is 66.0 cm³/mol. The zero-order chi connectivity index (χ0) is 13.9. The van der Waals surface area contributed by atoms with Gasteiger partial charge in [0.1, 0.15) is 6.29 Å². The first-order valence-electron chi connectivity index (χ1n) is 6.38. The van der Waals surface area contributed by atoms with Crippen LogP contribution in [0.15, 0.2) is 18.2 Å². The van der Waals surface area contributed by atoms with Gasteiger partial charge in [-0.2, -0.15) is 13.2 Å². The summed E-state index contributed by atoms with van der Waals surface area (Å²) in [6.07, 6.45) is -0.752. The van der Waals surface area contributed by atoms with Gasteiger partial charge in [-0.1, -0.05) is 18.6 Å². The Balaban J connectivity index is 2.25. The highest BCUT2D eigenvalue weighted by Crippen LogP contribution is 2.33. The number of carbonyl (C=O) groups excluding carboxylic acids is 1. The summed E-state index contributed by atoms with van der Waals surface area (Å²) in [6, 6.07) is 3.80. The highest BCUT2D eigenvalue weighted by atomic mass is 19.4. The fourth-order valence-corrected chi connectivity index (χ4v) is 2.43. The Morgan fingerprint density at radius 1 is 1.16 bits per heavy atom. The van der Waals surface area contributed by atoms with Crippen molar-refractivity contribution in [3.05, 3.63) is 34.9 Å². The van der Waals surface area contributed by atoms with Gasteiger partial charge in [-0.3, -0.25) is 9.69 Å². The number of piperidine rings is 1. The summed E-state index contributed by atoms with van der Waals surface area (Å²) in [6.45, 7) is 1.98. The van der Waals surface area contributed by atoms with Crippen molar-refractivity contribution in [1.29, 1.82) is 0 Å². The van der Waals surface area contributed by atoms with Gasteiger partial charge < -0.3 is 0 Å². The molecule has 0 amide bonds. The molecule has 0 aromatic heterocycles. The van der Waals surface area contributed by atoms with Crippen molar-refractivity contribution >= 4 is 6.29 Å². The average molecular weight is 271 g/mol. The third-order valence-electron chi connectivity index (χ3n) is 3.42. The number of rotatable bonds is 3. The molecule has 1 saturated heterocycles. The summed E-state index contributed by atoms with van der Waals surface area (Å²) in [5.74, 6) is 0. The molecule has 1 aliphatic rings. The SMILES string of the molecule is O=Cc1ccc(CN2CCCCC2)c(C(F)(F)F)c1. The van der Waals surface area contributed by atoms with Crippen LogP contribution in [-0.2, 0) is 12.7 Å². The van der Waals surface area contributed by atoms with Crippen molar-refractivity contribution in [2.24, 2.45) is 0 Å². The summed E-state index contributed by atoms with van der Waals surface area (Å²) >= 11 is 0. The lowest BCUT2D eigenvalue weighted by Gasteiger charge is -2.27. The molecule has 5 heteroatoms. The van der Waals surface area contributed by atoms with Crippen molar-refractivity contribution in [3.8, 4) is 0 Å². The van der Waals surface area contributed by atoms with Crippen LogP contribution in [0.2, 0.25) is 0 Å². The second kappa shape index (κ2) is 5.74. The average Bonchev–Trinajstić information content (AvgIpc) is 2.39. The van der Waals surface area contributed by atoms with E-state index in [1.165, 1.54) is 12.1 Å². The molecule has 0 radical (unpaired) electrons. The van der Waals surface area contributed by atoms with Gasteiger partial charge in [-0.15, -0.1) is 0 Å². The van der Waals surface area contributed by atoms with E-state index in [9.17, 15) is 18.0 Å². The minimum atomic E-state index is -4.41. The highest BCUT2D eigenvalue weighted by Gasteiger charge is 2.33. The van der Waals surface area contributed by atoms with Crippen molar-refractivity contribution < 1.29 is 18.0 Å². The summed E-state index contributed by atoms with van der Waals surface area (Å²) < 4.78 is 39.0. The van der Waals surface area contributed by atoms with E-state index in [0.29, 0.717) is 12.8 Å². The highest BCUT2D eigenvalue weighted by molar-refractivity contribution is 5.75. The molecule has 104 valence electrons. The van der Waals surface area contributed by atoms with Gasteiger partial charge in [-0.25, -0.2) is 0 Å². The second-order valence-corrected chi connectivity index (χ2v) is 4.87. The maximum atomic E-state index is 13.0. The molecule has 0 unspecified atom stereocenters. The fraction of sp³-hybridized carbons (Fsp3) is 0.500. The molecule has 1 heterocycles. The van der Waals surface area contributed by atoms with E-state index in [4.69, 9.17) is 0 Å². The molecular weight excluding hydrogens is 255 g/mol. The first-order chi connectivity index (χ1) is 9.00. The Bertz CT molecular complexity index is 450. The molecule has 1 aromatic carbocycles. The zero-order valence-electron chi connectivity index (χ0n) is 10.5. The van der Waals surface area contributed by atoms with Gasteiger partial charge in [0.25, 0.3) is 0 Å². The molecule has 2 nitrogen and oxygen atoms in total.